The van der Waals surface area contributed by atoms with Gasteiger partial charge in [-0.25, -0.2) is 9.78 Å². The van der Waals surface area contributed by atoms with E-state index in [1.807, 2.05) is 36.4 Å². The average Bonchev–Trinajstić information content (AvgIpc) is 3.02. The Bertz CT molecular complexity index is 674. The second-order valence-electron chi connectivity index (χ2n) is 6.58. The van der Waals surface area contributed by atoms with Crippen LogP contribution in [0.3, 0.4) is 0 Å². The average molecular weight is 330 g/mol. The highest BCUT2D eigenvalue weighted by atomic mass is 16.3. The number of nitrogens with one attached hydrogen (secondary N) is 1. The van der Waals surface area contributed by atoms with E-state index in [1.165, 1.54) is 0 Å². The minimum absolute atomic E-state index is 0.00883. The fourth-order valence-electron chi connectivity index (χ4n) is 3.33. The van der Waals surface area contributed by atoms with E-state index in [2.05, 4.69) is 20.9 Å². The number of carbonyl (C=O) groups excluding carboxylic acids is 1. The van der Waals surface area contributed by atoms with Crippen molar-refractivity contribution in [1.29, 1.82) is 0 Å². The molecule has 0 spiro atoms. The summed E-state index contributed by atoms with van der Waals surface area (Å²) in [4.78, 5) is 18.4. The van der Waals surface area contributed by atoms with Gasteiger partial charge in [0.05, 0.1) is 23.5 Å². The lowest BCUT2D eigenvalue weighted by atomic mass is 9.92. The summed E-state index contributed by atoms with van der Waals surface area (Å²) in [7, 11) is 0. The van der Waals surface area contributed by atoms with E-state index in [0.717, 1.165) is 49.9 Å². The number of nitrogens with zero attached hydrogens (tertiary/aromatic N) is 3. The summed E-state index contributed by atoms with van der Waals surface area (Å²) in [6, 6.07) is 8.08. The maximum Gasteiger partial charge on any atom is 0.317 e. The lowest BCUT2D eigenvalue weighted by molar-refractivity contribution is 0.0798. The predicted octanol–water partition coefficient (Wildman–Crippen LogP) is 2.23. The van der Waals surface area contributed by atoms with Gasteiger partial charge in [0, 0.05) is 26.2 Å². The number of amides is 2. The molecule has 2 N–H and O–H groups in total. The van der Waals surface area contributed by atoms with Crippen molar-refractivity contribution in [2.75, 3.05) is 19.6 Å². The number of carbonyl (C=O) groups is 1. The quantitative estimate of drug-likeness (QED) is 0.826. The van der Waals surface area contributed by atoms with Crippen LogP contribution in [0.15, 0.2) is 30.6 Å². The lowest BCUT2D eigenvalue weighted by Crippen LogP contribution is -2.46. The van der Waals surface area contributed by atoms with E-state index in [0.29, 0.717) is 12.5 Å². The molecule has 24 heavy (non-hydrogen) atoms. The van der Waals surface area contributed by atoms with E-state index in [1.54, 1.807) is 0 Å². The third kappa shape index (κ3) is 3.87. The molecule has 1 aromatic heterocycles. The standard InChI is InChI=1S/C18H26N4O2/c1-14(23)15-7-11-21(12-8-15)18(24)19-9-4-10-22-13-20-16-5-2-3-6-17(16)22/h2-3,5-6,13-15,23H,4,7-12H2,1H3,(H,19,24). The van der Waals surface area contributed by atoms with Gasteiger partial charge in [-0.05, 0) is 44.2 Å². The first kappa shape index (κ1) is 16.8. The number of likely N-dealkylation sites (tertiary alicyclic amines) is 1. The van der Waals surface area contributed by atoms with Gasteiger partial charge < -0.3 is 19.9 Å². The van der Waals surface area contributed by atoms with Gasteiger partial charge in [0.1, 0.15) is 0 Å². The van der Waals surface area contributed by atoms with Gasteiger partial charge in [-0.2, -0.15) is 0 Å². The number of aromatic nitrogens is 2. The molecule has 1 atom stereocenters. The normalized spacial score (nSPS) is 17.2. The number of para-hydroxylation sites is 2. The highest BCUT2D eigenvalue weighted by Gasteiger charge is 2.25. The number of imidazole rings is 1. The number of hydrogen-bond acceptors (Lipinski definition) is 3. The third-order valence-electron chi connectivity index (χ3n) is 4.89. The number of aliphatic hydroxyl groups is 1. The van der Waals surface area contributed by atoms with Crippen molar-refractivity contribution in [1.82, 2.24) is 19.8 Å². The monoisotopic (exact) mass is 330 g/mol. The van der Waals surface area contributed by atoms with Crippen LogP contribution in [-0.2, 0) is 6.54 Å². The lowest BCUT2D eigenvalue weighted by Gasteiger charge is -2.33. The summed E-state index contributed by atoms with van der Waals surface area (Å²) >= 11 is 0. The molecule has 1 saturated heterocycles. The van der Waals surface area contributed by atoms with Crippen molar-refractivity contribution in [3.8, 4) is 0 Å². The van der Waals surface area contributed by atoms with Crippen LogP contribution >= 0.6 is 0 Å². The molecule has 1 aromatic carbocycles. The van der Waals surface area contributed by atoms with Crippen LogP contribution in [0.25, 0.3) is 11.0 Å². The Labute approximate surface area is 142 Å². The van der Waals surface area contributed by atoms with Gasteiger partial charge in [0.2, 0.25) is 0 Å². The molecule has 2 aromatic rings. The number of rotatable bonds is 5. The first-order valence-corrected chi connectivity index (χ1v) is 8.76. The highest BCUT2D eigenvalue weighted by Crippen LogP contribution is 2.20. The molecule has 1 aliphatic rings. The first-order chi connectivity index (χ1) is 11.6. The van der Waals surface area contributed by atoms with Crippen LogP contribution < -0.4 is 5.32 Å². The van der Waals surface area contributed by atoms with Crippen LogP contribution in [0.1, 0.15) is 26.2 Å². The van der Waals surface area contributed by atoms with Crippen molar-refractivity contribution >= 4 is 17.1 Å². The summed E-state index contributed by atoms with van der Waals surface area (Å²) in [5, 5.41) is 12.6. The zero-order valence-corrected chi connectivity index (χ0v) is 14.2. The van der Waals surface area contributed by atoms with Crippen LogP contribution in [0, 0.1) is 5.92 Å². The molecule has 0 radical (unpaired) electrons. The number of fused-ring (bicyclic) bond motifs is 1. The number of benzene rings is 1. The molecule has 1 fully saturated rings. The summed E-state index contributed by atoms with van der Waals surface area (Å²) in [6.45, 7) is 4.79. The maximum absolute atomic E-state index is 12.2. The molecule has 1 unspecified atom stereocenters. The van der Waals surface area contributed by atoms with Gasteiger partial charge in [-0.1, -0.05) is 12.1 Å². The Hall–Kier alpha value is -2.08. The van der Waals surface area contributed by atoms with Crippen molar-refractivity contribution in [3.05, 3.63) is 30.6 Å². The molecular weight excluding hydrogens is 304 g/mol. The zero-order chi connectivity index (χ0) is 16.9. The third-order valence-corrected chi connectivity index (χ3v) is 4.89. The molecule has 2 amide bonds. The van der Waals surface area contributed by atoms with Gasteiger partial charge >= 0.3 is 6.03 Å². The number of aryl methyl sites for hydroxylation is 1. The van der Waals surface area contributed by atoms with Crippen LogP contribution in [0.5, 0.6) is 0 Å². The summed E-state index contributed by atoms with van der Waals surface area (Å²) in [5.74, 6) is 0.323. The van der Waals surface area contributed by atoms with Gasteiger partial charge in [-0.3, -0.25) is 0 Å². The number of piperidine rings is 1. The molecule has 0 bridgehead atoms. The molecule has 6 heteroatoms. The second kappa shape index (κ2) is 7.66. The molecule has 0 aliphatic carbocycles. The van der Waals surface area contributed by atoms with E-state index in [9.17, 15) is 9.90 Å². The summed E-state index contributed by atoms with van der Waals surface area (Å²) < 4.78 is 2.12. The van der Waals surface area contributed by atoms with Crippen LogP contribution in [0.4, 0.5) is 4.79 Å². The molecule has 6 nitrogen and oxygen atoms in total. The van der Waals surface area contributed by atoms with Gasteiger partial charge in [0.15, 0.2) is 0 Å². The largest absolute Gasteiger partial charge is 0.393 e. The molecule has 0 saturated carbocycles. The minimum Gasteiger partial charge on any atom is -0.393 e. The van der Waals surface area contributed by atoms with E-state index in [-0.39, 0.29) is 12.1 Å². The van der Waals surface area contributed by atoms with Crippen molar-refractivity contribution in [3.63, 3.8) is 0 Å². The molecule has 2 heterocycles. The van der Waals surface area contributed by atoms with Crippen molar-refractivity contribution in [2.45, 2.75) is 38.8 Å². The summed E-state index contributed by atoms with van der Waals surface area (Å²) in [6.07, 6.45) is 4.21. The number of hydrogen-bond donors (Lipinski definition) is 2. The van der Waals surface area contributed by atoms with Crippen LogP contribution in [-0.4, -0.2) is 51.3 Å². The van der Waals surface area contributed by atoms with E-state index < -0.39 is 0 Å². The Morgan fingerprint density at radius 1 is 1.38 bits per heavy atom. The summed E-state index contributed by atoms with van der Waals surface area (Å²) in [5.41, 5.74) is 2.13. The Balaban J connectivity index is 1.40. The van der Waals surface area contributed by atoms with Crippen molar-refractivity contribution < 1.29 is 9.90 Å². The molecule has 3 rings (SSSR count). The first-order valence-electron chi connectivity index (χ1n) is 8.76. The molecule has 1 aliphatic heterocycles. The SMILES string of the molecule is CC(O)C1CCN(C(=O)NCCCn2cnc3ccccc32)CC1. The number of urea groups is 1. The molecule has 130 valence electrons. The van der Waals surface area contributed by atoms with E-state index >= 15 is 0 Å². The highest BCUT2D eigenvalue weighted by molar-refractivity contribution is 5.75. The maximum atomic E-state index is 12.2. The fourth-order valence-corrected chi connectivity index (χ4v) is 3.33. The predicted molar refractivity (Wildman–Crippen MR) is 93.7 cm³/mol. The zero-order valence-electron chi connectivity index (χ0n) is 14.2. The number of aliphatic hydroxyl groups excluding tert-OH is 1. The second-order valence-corrected chi connectivity index (χ2v) is 6.58. The smallest absolute Gasteiger partial charge is 0.317 e. The fraction of sp³-hybridized carbons (Fsp3) is 0.556. The van der Waals surface area contributed by atoms with Crippen LogP contribution in [0.2, 0.25) is 0 Å². The molecular formula is C18H26N4O2. The minimum atomic E-state index is -0.278. The Morgan fingerprint density at radius 3 is 2.88 bits per heavy atom. The Morgan fingerprint density at radius 2 is 2.12 bits per heavy atom. The van der Waals surface area contributed by atoms with Gasteiger partial charge in [0.25, 0.3) is 0 Å². The van der Waals surface area contributed by atoms with Crippen molar-refractivity contribution in [2.24, 2.45) is 5.92 Å². The topological polar surface area (TPSA) is 70.4 Å². The van der Waals surface area contributed by atoms with Gasteiger partial charge in [-0.15, -0.1) is 0 Å². The Kier molecular flexibility index (Phi) is 5.35. The van der Waals surface area contributed by atoms with E-state index in [4.69, 9.17) is 0 Å².